The zero-order valence-electron chi connectivity index (χ0n) is 11.2. The van der Waals surface area contributed by atoms with E-state index in [4.69, 9.17) is 10.5 Å². The number of hydrogen-bond acceptors (Lipinski definition) is 3. The molecule has 18 heavy (non-hydrogen) atoms. The van der Waals surface area contributed by atoms with Gasteiger partial charge in [0.25, 0.3) is 0 Å². The minimum absolute atomic E-state index is 0. The number of halogens is 1. The van der Waals surface area contributed by atoms with Crippen molar-refractivity contribution in [1.82, 2.24) is 5.32 Å². The molecule has 0 aliphatic carbocycles. The lowest BCUT2D eigenvalue weighted by atomic mass is 9.99. The van der Waals surface area contributed by atoms with Crippen LogP contribution >= 0.6 is 35.7 Å². The molecule has 1 saturated heterocycles. The predicted molar refractivity (Wildman–Crippen MR) is 91.0 cm³/mol. The van der Waals surface area contributed by atoms with Gasteiger partial charge in [-0.3, -0.25) is 4.99 Å². The second-order valence-corrected chi connectivity index (χ2v) is 5.79. The van der Waals surface area contributed by atoms with Gasteiger partial charge in [-0.15, -0.1) is 24.0 Å². The van der Waals surface area contributed by atoms with Crippen molar-refractivity contribution >= 4 is 41.7 Å². The second-order valence-electron chi connectivity index (χ2n) is 4.51. The van der Waals surface area contributed by atoms with Crippen molar-refractivity contribution in [2.75, 3.05) is 32.6 Å². The monoisotopic (exact) mass is 385 g/mol. The van der Waals surface area contributed by atoms with E-state index in [0.717, 1.165) is 38.2 Å². The van der Waals surface area contributed by atoms with Crippen LogP contribution in [0.2, 0.25) is 0 Å². The van der Waals surface area contributed by atoms with Gasteiger partial charge in [0.1, 0.15) is 0 Å². The van der Waals surface area contributed by atoms with E-state index in [1.807, 2.05) is 18.7 Å². The van der Waals surface area contributed by atoms with Crippen molar-refractivity contribution in [3.05, 3.63) is 12.2 Å². The summed E-state index contributed by atoms with van der Waals surface area (Å²) in [5.74, 6) is 0.507. The van der Waals surface area contributed by atoms with Crippen LogP contribution in [0.5, 0.6) is 0 Å². The molecule has 0 amide bonds. The molecule has 0 bridgehead atoms. The molecular formula is C12H24IN3OS. The molecule has 3 N–H and O–H groups in total. The van der Waals surface area contributed by atoms with Crippen LogP contribution in [-0.4, -0.2) is 43.3 Å². The molecule has 1 fully saturated rings. The number of nitrogens with two attached hydrogens (primary N) is 1. The maximum Gasteiger partial charge on any atom is 0.188 e. The van der Waals surface area contributed by atoms with Crippen LogP contribution in [0.3, 0.4) is 0 Å². The Morgan fingerprint density at radius 1 is 1.50 bits per heavy atom. The molecule has 1 heterocycles. The van der Waals surface area contributed by atoms with Crippen LogP contribution in [0.1, 0.15) is 19.8 Å². The molecule has 0 unspecified atom stereocenters. The third-order valence-corrected chi connectivity index (χ3v) is 4.35. The van der Waals surface area contributed by atoms with E-state index in [0.29, 0.717) is 12.5 Å². The number of guanidine groups is 1. The van der Waals surface area contributed by atoms with Crippen LogP contribution in [0, 0.1) is 0 Å². The average Bonchev–Trinajstić information content (AvgIpc) is 2.35. The molecule has 0 aromatic carbocycles. The van der Waals surface area contributed by atoms with Gasteiger partial charge in [0.15, 0.2) is 5.96 Å². The number of ether oxygens (including phenoxy) is 1. The van der Waals surface area contributed by atoms with E-state index in [1.54, 1.807) is 0 Å². The molecule has 0 aromatic heterocycles. The molecule has 106 valence electrons. The fourth-order valence-electron chi connectivity index (χ4n) is 1.70. The SMILES string of the molecule is C=C(C)CNC(N)=NCC1(SC)CCOCC1.I. The molecule has 0 spiro atoms. The highest BCUT2D eigenvalue weighted by molar-refractivity contribution is 14.0. The summed E-state index contributed by atoms with van der Waals surface area (Å²) < 4.78 is 5.59. The topological polar surface area (TPSA) is 59.6 Å². The lowest BCUT2D eigenvalue weighted by Crippen LogP contribution is -2.39. The Morgan fingerprint density at radius 2 is 2.11 bits per heavy atom. The Labute approximate surface area is 131 Å². The fourth-order valence-corrected chi connectivity index (χ4v) is 2.47. The number of thioether (sulfide) groups is 1. The summed E-state index contributed by atoms with van der Waals surface area (Å²) in [5, 5.41) is 3.05. The van der Waals surface area contributed by atoms with E-state index in [-0.39, 0.29) is 28.7 Å². The number of hydrogen-bond donors (Lipinski definition) is 2. The van der Waals surface area contributed by atoms with Crippen molar-refractivity contribution in [3.63, 3.8) is 0 Å². The van der Waals surface area contributed by atoms with Gasteiger partial charge < -0.3 is 15.8 Å². The minimum atomic E-state index is 0. The van der Waals surface area contributed by atoms with Gasteiger partial charge in [-0.05, 0) is 26.0 Å². The highest BCUT2D eigenvalue weighted by Crippen LogP contribution is 2.33. The number of nitrogens with one attached hydrogen (secondary N) is 1. The van der Waals surface area contributed by atoms with E-state index in [9.17, 15) is 0 Å². The van der Waals surface area contributed by atoms with E-state index in [2.05, 4.69) is 23.1 Å². The molecule has 0 radical (unpaired) electrons. The van der Waals surface area contributed by atoms with E-state index < -0.39 is 0 Å². The Balaban J connectivity index is 0.00000289. The first-order valence-corrected chi connectivity index (χ1v) is 7.11. The molecule has 1 aliphatic rings. The van der Waals surface area contributed by atoms with Crippen LogP contribution in [0.25, 0.3) is 0 Å². The molecule has 6 heteroatoms. The van der Waals surface area contributed by atoms with E-state index >= 15 is 0 Å². The molecular weight excluding hydrogens is 361 g/mol. The smallest absolute Gasteiger partial charge is 0.188 e. The van der Waals surface area contributed by atoms with Gasteiger partial charge in [0, 0.05) is 24.5 Å². The zero-order chi connectivity index (χ0) is 12.7. The van der Waals surface area contributed by atoms with Crippen LogP contribution < -0.4 is 11.1 Å². The van der Waals surface area contributed by atoms with Crippen molar-refractivity contribution in [2.45, 2.75) is 24.5 Å². The molecule has 1 aliphatic heterocycles. The number of rotatable bonds is 5. The third kappa shape index (κ3) is 6.29. The van der Waals surface area contributed by atoms with Crippen LogP contribution in [-0.2, 0) is 4.74 Å². The van der Waals surface area contributed by atoms with Crippen LogP contribution in [0.15, 0.2) is 17.1 Å². The molecule has 1 rings (SSSR count). The van der Waals surface area contributed by atoms with Crippen molar-refractivity contribution in [3.8, 4) is 0 Å². The van der Waals surface area contributed by atoms with Gasteiger partial charge >= 0.3 is 0 Å². The Kier molecular flexibility index (Phi) is 9.06. The summed E-state index contributed by atoms with van der Waals surface area (Å²) in [6.07, 6.45) is 4.23. The van der Waals surface area contributed by atoms with Gasteiger partial charge in [0.2, 0.25) is 0 Å². The Hall–Kier alpha value is 0.0500. The fraction of sp³-hybridized carbons (Fsp3) is 0.750. The highest BCUT2D eigenvalue weighted by Gasteiger charge is 2.31. The van der Waals surface area contributed by atoms with Crippen molar-refractivity contribution in [1.29, 1.82) is 0 Å². The quantitative estimate of drug-likeness (QED) is 0.329. The summed E-state index contributed by atoms with van der Waals surface area (Å²) >= 11 is 1.87. The van der Waals surface area contributed by atoms with Gasteiger partial charge in [0.05, 0.1) is 6.54 Å². The average molecular weight is 385 g/mol. The molecule has 0 atom stereocenters. The Bertz CT molecular complexity index is 291. The first-order chi connectivity index (χ1) is 8.08. The first kappa shape index (κ1) is 18.0. The highest BCUT2D eigenvalue weighted by atomic mass is 127. The maximum atomic E-state index is 5.81. The lowest BCUT2D eigenvalue weighted by molar-refractivity contribution is 0.0794. The van der Waals surface area contributed by atoms with Gasteiger partial charge in [-0.2, -0.15) is 11.8 Å². The van der Waals surface area contributed by atoms with Gasteiger partial charge in [-0.1, -0.05) is 12.2 Å². The second kappa shape index (κ2) is 9.03. The summed E-state index contributed by atoms with van der Waals surface area (Å²) in [4.78, 5) is 4.43. The van der Waals surface area contributed by atoms with E-state index in [1.165, 1.54) is 0 Å². The number of aliphatic imine (C=N–C) groups is 1. The summed E-state index contributed by atoms with van der Waals surface area (Å²) in [6.45, 7) is 8.87. The summed E-state index contributed by atoms with van der Waals surface area (Å²) in [7, 11) is 0. The zero-order valence-corrected chi connectivity index (χ0v) is 14.3. The lowest BCUT2D eigenvalue weighted by Gasteiger charge is -2.34. The molecule has 4 nitrogen and oxygen atoms in total. The van der Waals surface area contributed by atoms with Crippen LogP contribution in [0.4, 0.5) is 0 Å². The van der Waals surface area contributed by atoms with Gasteiger partial charge in [-0.25, -0.2) is 0 Å². The first-order valence-electron chi connectivity index (χ1n) is 5.89. The molecule has 0 saturated carbocycles. The van der Waals surface area contributed by atoms with Crippen molar-refractivity contribution < 1.29 is 4.74 Å². The minimum Gasteiger partial charge on any atom is -0.381 e. The summed E-state index contributed by atoms with van der Waals surface area (Å²) in [5.41, 5.74) is 6.86. The Morgan fingerprint density at radius 3 is 2.61 bits per heavy atom. The predicted octanol–water partition coefficient (Wildman–Crippen LogP) is 2.00. The largest absolute Gasteiger partial charge is 0.381 e. The normalized spacial score (nSPS) is 18.9. The maximum absolute atomic E-state index is 5.81. The molecule has 0 aromatic rings. The van der Waals surface area contributed by atoms with Crippen molar-refractivity contribution in [2.24, 2.45) is 10.7 Å². The third-order valence-electron chi connectivity index (χ3n) is 2.95. The number of nitrogens with zero attached hydrogens (tertiary/aromatic N) is 1. The summed E-state index contributed by atoms with van der Waals surface area (Å²) in [6, 6.07) is 0. The standard InChI is InChI=1S/C12H23N3OS.HI/c1-10(2)8-14-11(13)15-9-12(17-3)4-6-16-7-5-12;/h1,4-9H2,2-3H3,(H3,13,14,15);1H.